The summed E-state index contributed by atoms with van der Waals surface area (Å²) in [6.07, 6.45) is 0. The molecule has 0 heterocycles. The summed E-state index contributed by atoms with van der Waals surface area (Å²) in [5.74, 6) is 0.531. The molecule has 2 N–H and O–H groups in total. The van der Waals surface area contributed by atoms with Crippen LogP contribution in [0.2, 0.25) is 19.6 Å². The Morgan fingerprint density at radius 2 is 1.70 bits per heavy atom. The van der Waals surface area contributed by atoms with Crippen molar-refractivity contribution in [1.82, 2.24) is 0 Å². The molecule has 1 aromatic rings. The average molecular weight is 295 g/mol. The fourth-order valence-electron chi connectivity index (χ4n) is 1.90. The van der Waals surface area contributed by atoms with E-state index in [0.717, 1.165) is 11.3 Å². The van der Waals surface area contributed by atoms with Crippen LogP contribution in [0.5, 0.6) is 5.75 Å². The van der Waals surface area contributed by atoms with Crippen LogP contribution in [0.3, 0.4) is 0 Å². The molecule has 4 nitrogen and oxygen atoms in total. The summed E-state index contributed by atoms with van der Waals surface area (Å²) < 4.78 is 10.7. The molecule has 0 aliphatic carbocycles. The molecule has 0 unspecified atom stereocenters. The van der Waals surface area contributed by atoms with Gasteiger partial charge in [0, 0.05) is 6.04 Å². The molecule has 0 aliphatic heterocycles. The third-order valence-electron chi connectivity index (χ3n) is 3.15. The summed E-state index contributed by atoms with van der Waals surface area (Å²) in [6, 6.07) is 7.20. The third-order valence-corrected chi connectivity index (χ3v) is 4.00. The quantitative estimate of drug-likeness (QED) is 0.670. The van der Waals surface area contributed by atoms with Crippen LogP contribution < -0.4 is 10.2 Å². The van der Waals surface area contributed by atoms with Crippen molar-refractivity contribution in [2.75, 3.05) is 7.11 Å². The summed E-state index contributed by atoms with van der Waals surface area (Å²) in [4.78, 5) is 11.8. The van der Waals surface area contributed by atoms with E-state index in [1.165, 1.54) is 7.11 Å². The van der Waals surface area contributed by atoms with E-state index in [-0.39, 0.29) is 5.97 Å². The highest BCUT2D eigenvalue weighted by Crippen LogP contribution is 2.33. The SMILES string of the molecule is COC(=O)C(C)(C)[C@H](N)c1ccc(O[Si](C)(C)C)cc1. The minimum Gasteiger partial charge on any atom is -0.544 e. The first-order chi connectivity index (χ1) is 9.08. The standard InChI is InChI=1S/C15H25NO3Si/c1-15(2,14(17)18-3)13(16)11-7-9-12(10-8-11)19-20(4,5)6/h7-10,13H,16H2,1-6H3/t13-/m1/s1. The molecule has 0 fully saturated rings. The number of hydrogen-bond acceptors (Lipinski definition) is 4. The average Bonchev–Trinajstić information content (AvgIpc) is 2.35. The lowest BCUT2D eigenvalue weighted by Crippen LogP contribution is -2.37. The van der Waals surface area contributed by atoms with Gasteiger partial charge in [0.15, 0.2) is 0 Å². The molecule has 1 aromatic carbocycles. The Morgan fingerprint density at radius 1 is 1.20 bits per heavy atom. The lowest BCUT2D eigenvalue weighted by Gasteiger charge is -2.29. The van der Waals surface area contributed by atoms with Crippen molar-refractivity contribution in [3.63, 3.8) is 0 Å². The van der Waals surface area contributed by atoms with Gasteiger partial charge >= 0.3 is 5.97 Å². The monoisotopic (exact) mass is 295 g/mol. The topological polar surface area (TPSA) is 61.5 Å². The molecular formula is C15H25NO3Si. The van der Waals surface area contributed by atoms with Crippen molar-refractivity contribution in [3.05, 3.63) is 29.8 Å². The zero-order valence-electron chi connectivity index (χ0n) is 13.2. The van der Waals surface area contributed by atoms with Gasteiger partial charge in [-0.25, -0.2) is 0 Å². The largest absolute Gasteiger partial charge is 0.544 e. The minimum absolute atomic E-state index is 0.313. The first kappa shape index (κ1) is 16.7. The fraction of sp³-hybridized carbons (Fsp3) is 0.533. The van der Waals surface area contributed by atoms with Gasteiger partial charge in [-0.1, -0.05) is 12.1 Å². The fourth-order valence-corrected chi connectivity index (χ4v) is 2.75. The second-order valence-corrected chi connectivity index (χ2v) is 10.9. The van der Waals surface area contributed by atoms with Crippen LogP contribution in [0, 0.1) is 5.41 Å². The third kappa shape index (κ3) is 4.08. The highest BCUT2D eigenvalue weighted by molar-refractivity contribution is 6.70. The number of esters is 1. The van der Waals surface area contributed by atoms with Gasteiger partial charge in [0.2, 0.25) is 8.32 Å². The lowest BCUT2D eigenvalue weighted by atomic mass is 9.81. The summed E-state index contributed by atoms with van der Waals surface area (Å²) in [5.41, 5.74) is 6.32. The number of carbonyl (C=O) groups is 1. The Bertz CT molecular complexity index is 463. The van der Waals surface area contributed by atoms with Gasteiger partial charge in [0.05, 0.1) is 12.5 Å². The minimum atomic E-state index is -1.61. The molecule has 0 amide bonds. The Labute approximate surface area is 122 Å². The summed E-state index contributed by atoms with van der Waals surface area (Å²) >= 11 is 0. The van der Waals surface area contributed by atoms with Gasteiger partial charge in [-0.05, 0) is 51.2 Å². The molecule has 0 aromatic heterocycles. The van der Waals surface area contributed by atoms with Crippen LogP contribution in [0.15, 0.2) is 24.3 Å². The predicted octanol–water partition coefficient (Wildman–Crippen LogP) is 3.10. The van der Waals surface area contributed by atoms with Crippen LogP contribution >= 0.6 is 0 Å². The van der Waals surface area contributed by atoms with E-state index < -0.39 is 19.8 Å². The molecule has 5 heteroatoms. The van der Waals surface area contributed by atoms with Crippen molar-refractivity contribution in [2.24, 2.45) is 11.1 Å². The van der Waals surface area contributed by atoms with Crippen LogP contribution in [0.4, 0.5) is 0 Å². The molecule has 0 bridgehead atoms. The number of nitrogens with two attached hydrogens (primary N) is 1. The van der Waals surface area contributed by atoms with Crippen LogP contribution in [0.1, 0.15) is 25.5 Å². The molecule has 1 atom stereocenters. The molecule has 0 radical (unpaired) electrons. The Balaban J connectivity index is 2.91. The predicted molar refractivity (Wildman–Crippen MR) is 83.1 cm³/mol. The molecule has 112 valence electrons. The van der Waals surface area contributed by atoms with Gasteiger partial charge in [0.25, 0.3) is 0 Å². The first-order valence-electron chi connectivity index (χ1n) is 6.71. The number of rotatable bonds is 5. The molecule has 1 rings (SSSR count). The zero-order chi connectivity index (χ0) is 15.6. The van der Waals surface area contributed by atoms with Gasteiger partial charge in [-0.3, -0.25) is 4.79 Å². The Hall–Kier alpha value is -1.33. The van der Waals surface area contributed by atoms with E-state index in [2.05, 4.69) is 19.6 Å². The summed E-state index contributed by atoms with van der Waals surface area (Å²) in [6.45, 7) is 9.97. The Kier molecular flexibility index (Phi) is 4.99. The smallest absolute Gasteiger partial charge is 0.313 e. The van der Waals surface area contributed by atoms with Gasteiger partial charge in [-0.15, -0.1) is 0 Å². The molecule has 0 saturated carbocycles. The number of hydrogen-bond donors (Lipinski definition) is 1. The maximum atomic E-state index is 11.8. The molecule has 0 spiro atoms. The number of methoxy groups -OCH3 is 1. The molecule has 20 heavy (non-hydrogen) atoms. The summed E-state index contributed by atoms with van der Waals surface area (Å²) in [7, 11) is -0.232. The maximum absolute atomic E-state index is 11.8. The van der Waals surface area contributed by atoms with E-state index in [1.807, 2.05) is 24.3 Å². The number of carbonyl (C=O) groups excluding carboxylic acids is 1. The van der Waals surface area contributed by atoms with E-state index in [0.29, 0.717) is 0 Å². The highest BCUT2D eigenvalue weighted by atomic mass is 28.4. The van der Waals surface area contributed by atoms with Crippen LogP contribution in [-0.4, -0.2) is 21.4 Å². The maximum Gasteiger partial charge on any atom is 0.313 e. The normalized spacial score (nSPS) is 13.8. The van der Waals surface area contributed by atoms with Crippen molar-refractivity contribution in [1.29, 1.82) is 0 Å². The second kappa shape index (κ2) is 5.97. The van der Waals surface area contributed by atoms with E-state index in [9.17, 15) is 4.79 Å². The van der Waals surface area contributed by atoms with Crippen molar-refractivity contribution < 1.29 is 14.0 Å². The Morgan fingerprint density at radius 3 is 2.10 bits per heavy atom. The van der Waals surface area contributed by atoms with Crippen molar-refractivity contribution in [3.8, 4) is 5.75 Å². The number of ether oxygens (including phenoxy) is 1. The summed E-state index contributed by atoms with van der Waals surface area (Å²) in [5, 5.41) is 0. The van der Waals surface area contributed by atoms with Crippen molar-refractivity contribution in [2.45, 2.75) is 39.5 Å². The van der Waals surface area contributed by atoms with Gasteiger partial charge in [0.1, 0.15) is 5.75 Å². The second-order valence-electron chi connectivity index (χ2n) is 6.47. The zero-order valence-corrected chi connectivity index (χ0v) is 14.2. The van der Waals surface area contributed by atoms with Gasteiger partial charge < -0.3 is 14.9 Å². The molecule has 0 saturated heterocycles. The number of benzene rings is 1. The van der Waals surface area contributed by atoms with Crippen molar-refractivity contribution >= 4 is 14.3 Å². The van der Waals surface area contributed by atoms with E-state index >= 15 is 0 Å². The lowest BCUT2D eigenvalue weighted by molar-refractivity contribution is -0.152. The van der Waals surface area contributed by atoms with Crippen LogP contribution in [0.25, 0.3) is 0 Å². The van der Waals surface area contributed by atoms with E-state index in [1.54, 1.807) is 13.8 Å². The molecular weight excluding hydrogens is 270 g/mol. The first-order valence-corrected chi connectivity index (χ1v) is 10.1. The van der Waals surface area contributed by atoms with Gasteiger partial charge in [-0.2, -0.15) is 0 Å². The molecule has 0 aliphatic rings. The van der Waals surface area contributed by atoms with E-state index in [4.69, 9.17) is 14.9 Å². The highest BCUT2D eigenvalue weighted by Gasteiger charge is 2.36. The van der Waals surface area contributed by atoms with Crippen LogP contribution in [-0.2, 0) is 9.53 Å².